The quantitative estimate of drug-likeness (QED) is 0.333. The number of phenols is 2. The van der Waals surface area contributed by atoms with Gasteiger partial charge in [-0.3, -0.25) is 9.36 Å². The summed E-state index contributed by atoms with van der Waals surface area (Å²) in [5.41, 5.74) is 1.81. The van der Waals surface area contributed by atoms with E-state index in [0.717, 1.165) is 37.8 Å². The Morgan fingerprint density at radius 3 is 2.64 bits per heavy atom. The molecule has 3 aliphatic rings. The molecular formula is C28H28N6O5. The van der Waals surface area contributed by atoms with Crippen molar-refractivity contribution >= 4 is 22.9 Å². The van der Waals surface area contributed by atoms with Gasteiger partial charge >= 0.3 is 0 Å². The van der Waals surface area contributed by atoms with Crippen LogP contribution in [0.25, 0.3) is 28.2 Å². The molecule has 11 heteroatoms. The zero-order valence-corrected chi connectivity index (χ0v) is 21.2. The zero-order chi connectivity index (χ0) is 26.5. The van der Waals surface area contributed by atoms with Crippen LogP contribution in [-0.2, 0) is 4.79 Å². The zero-order valence-electron chi connectivity index (χ0n) is 21.2. The van der Waals surface area contributed by atoms with Crippen molar-refractivity contribution in [1.82, 2.24) is 24.4 Å². The molecule has 1 amide bonds. The Morgan fingerprint density at radius 1 is 0.974 bits per heavy atom. The molecule has 4 heterocycles. The number of imidazole rings is 1. The predicted molar refractivity (Wildman–Crippen MR) is 142 cm³/mol. The summed E-state index contributed by atoms with van der Waals surface area (Å²) in [5, 5.41) is 23.9. The highest BCUT2D eigenvalue weighted by molar-refractivity contribution is 5.86. The number of ether oxygens (including phenoxy) is 2. The Morgan fingerprint density at radius 2 is 1.79 bits per heavy atom. The van der Waals surface area contributed by atoms with Gasteiger partial charge in [-0.25, -0.2) is 9.97 Å². The second kappa shape index (κ2) is 9.33. The summed E-state index contributed by atoms with van der Waals surface area (Å²) in [6.45, 7) is 2.38. The molecule has 3 N–H and O–H groups in total. The number of phenolic OH excluding ortho intramolecular Hbond substituents is 2. The van der Waals surface area contributed by atoms with E-state index in [2.05, 4.69) is 10.3 Å². The smallest absolute Gasteiger partial charge is 0.225 e. The van der Waals surface area contributed by atoms with Crippen LogP contribution >= 0.6 is 0 Å². The molecule has 200 valence electrons. The van der Waals surface area contributed by atoms with Gasteiger partial charge in [-0.05, 0) is 49.9 Å². The largest absolute Gasteiger partial charge is 0.504 e. The lowest BCUT2D eigenvalue weighted by Crippen LogP contribution is -2.45. The number of carbonyl (C=O) groups excluding carboxylic acids is 1. The molecule has 1 saturated carbocycles. The number of piperidine rings is 1. The lowest BCUT2D eigenvalue weighted by atomic mass is 10.1. The van der Waals surface area contributed by atoms with E-state index in [9.17, 15) is 15.0 Å². The first-order valence-corrected chi connectivity index (χ1v) is 13.3. The number of hydrogen-bond donors (Lipinski definition) is 3. The van der Waals surface area contributed by atoms with Gasteiger partial charge in [0.1, 0.15) is 24.9 Å². The number of aromatic nitrogens is 4. The number of aromatic hydroxyl groups is 2. The fourth-order valence-corrected chi connectivity index (χ4v) is 5.32. The second-order valence-corrected chi connectivity index (χ2v) is 10.2. The first kappa shape index (κ1) is 23.6. The van der Waals surface area contributed by atoms with Crippen LogP contribution in [0, 0.1) is 5.92 Å². The first-order valence-electron chi connectivity index (χ1n) is 13.3. The number of anilines is 1. The van der Waals surface area contributed by atoms with Crippen molar-refractivity contribution in [2.24, 2.45) is 5.92 Å². The Kier molecular flexibility index (Phi) is 5.64. The highest BCUT2D eigenvalue weighted by atomic mass is 16.6. The number of benzene rings is 2. The monoisotopic (exact) mass is 528 g/mol. The van der Waals surface area contributed by atoms with Gasteiger partial charge in [0.15, 0.2) is 23.0 Å². The van der Waals surface area contributed by atoms with Gasteiger partial charge in [-0.2, -0.15) is 4.98 Å². The molecule has 1 aliphatic carbocycles. The van der Waals surface area contributed by atoms with Crippen molar-refractivity contribution in [3.63, 3.8) is 0 Å². The molecule has 2 fully saturated rings. The number of nitrogens with one attached hydrogen (secondary N) is 1. The maximum Gasteiger partial charge on any atom is 0.225 e. The van der Waals surface area contributed by atoms with Gasteiger partial charge in [0, 0.05) is 48.9 Å². The van der Waals surface area contributed by atoms with Crippen molar-refractivity contribution in [3.8, 4) is 40.2 Å². The van der Waals surface area contributed by atoms with Gasteiger partial charge in [-0.1, -0.05) is 0 Å². The normalized spacial score (nSPS) is 18.8. The van der Waals surface area contributed by atoms with E-state index in [0.29, 0.717) is 59.9 Å². The minimum atomic E-state index is -0.257. The average molecular weight is 529 g/mol. The Labute approximate surface area is 224 Å². The maximum absolute atomic E-state index is 12.6. The summed E-state index contributed by atoms with van der Waals surface area (Å²) in [7, 11) is 0. The van der Waals surface area contributed by atoms with Crippen molar-refractivity contribution in [2.75, 3.05) is 31.6 Å². The number of likely N-dealkylation sites (tertiary alicyclic amines) is 1. The third kappa shape index (κ3) is 4.43. The molecule has 0 unspecified atom stereocenters. The lowest BCUT2D eigenvalue weighted by molar-refractivity contribution is -0.133. The molecule has 0 spiro atoms. The standard InChI is InChI=1S/C28H28N6O5/c35-21-13-19-20(14-22(21)36)34(26(31-19)17-5-6-23-24(12-17)39-11-10-38-23)25-7-8-29-28(32-25)30-18-2-1-9-33(15-18)27(37)16-3-4-16/h5-8,12-14,16,18,35-36H,1-4,9-11,15H2,(H,29,30,32)/t18-/m0/s1. The minimum absolute atomic E-state index is 0.0505. The summed E-state index contributed by atoms with van der Waals surface area (Å²) in [6, 6.07) is 10.3. The summed E-state index contributed by atoms with van der Waals surface area (Å²) in [5.74, 6) is 2.76. The van der Waals surface area contributed by atoms with Gasteiger partial charge in [0.05, 0.1) is 11.0 Å². The number of rotatable bonds is 5. The molecule has 1 atom stereocenters. The van der Waals surface area contributed by atoms with Crippen LogP contribution in [0.3, 0.4) is 0 Å². The Balaban J connectivity index is 1.26. The molecule has 0 radical (unpaired) electrons. The Hall–Kier alpha value is -4.54. The van der Waals surface area contributed by atoms with Crippen molar-refractivity contribution in [2.45, 2.75) is 31.7 Å². The fraction of sp³-hybridized carbons (Fsp3) is 0.357. The molecule has 11 nitrogen and oxygen atoms in total. The van der Waals surface area contributed by atoms with E-state index in [4.69, 9.17) is 19.4 Å². The number of nitrogens with zero attached hydrogens (tertiary/aromatic N) is 5. The van der Waals surface area contributed by atoms with Crippen molar-refractivity contribution in [1.29, 1.82) is 0 Å². The summed E-state index contributed by atoms with van der Waals surface area (Å²) >= 11 is 0. The van der Waals surface area contributed by atoms with Gasteiger partial charge in [0.2, 0.25) is 11.9 Å². The molecule has 2 aliphatic heterocycles. The van der Waals surface area contributed by atoms with E-state index in [-0.39, 0.29) is 29.4 Å². The minimum Gasteiger partial charge on any atom is -0.504 e. The van der Waals surface area contributed by atoms with E-state index in [1.54, 1.807) is 12.3 Å². The lowest BCUT2D eigenvalue weighted by Gasteiger charge is -2.33. The van der Waals surface area contributed by atoms with Crippen LogP contribution in [0.1, 0.15) is 25.7 Å². The molecule has 2 aromatic heterocycles. The molecule has 0 bridgehead atoms. The fourth-order valence-electron chi connectivity index (χ4n) is 5.32. The van der Waals surface area contributed by atoms with Gasteiger partial charge in [-0.15, -0.1) is 0 Å². The third-order valence-corrected chi connectivity index (χ3v) is 7.41. The average Bonchev–Trinajstić information content (AvgIpc) is 3.74. The van der Waals surface area contributed by atoms with E-state index < -0.39 is 0 Å². The van der Waals surface area contributed by atoms with Crippen LogP contribution < -0.4 is 14.8 Å². The van der Waals surface area contributed by atoms with Crippen LogP contribution in [0.5, 0.6) is 23.0 Å². The topological polar surface area (TPSA) is 135 Å². The predicted octanol–water partition coefficient (Wildman–Crippen LogP) is 3.48. The van der Waals surface area contributed by atoms with Gasteiger partial charge in [0.25, 0.3) is 0 Å². The Bertz CT molecular complexity index is 1580. The SMILES string of the molecule is O=C(C1CC1)N1CCC[C@H](Nc2nccc(-n3c(-c4ccc5c(c4)OCCO5)nc4cc(O)c(O)cc43)n2)C1. The van der Waals surface area contributed by atoms with Crippen molar-refractivity contribution in [3.05, 3.63) is 42.6 Å². The molecular weight excluding hydrogens is 500 g/mol. The third-order valence-electron chi connectivity index (χ3n) is 7.41. The first-order chi connectivity index (χ1) is 19.0. The summed E-state index contributed by atoms with van der Waals surface area (Å²) in [4.78, 5) is 28.6. The summed E-state index contributed by atoms with van der Waals surface area (Å²) < 4.78 is 13.3. The molecule has 2 aromatic carbocycles. The maximum atomic E-state index is 12.6. The van der Waals surface area contributed by atoms with E-state index in [1.807, 2.05) is 27.7 Å². The highest BCUT2D eigenvalue weighted by Crippen LogP contribution is 2.38. The molecule has 39 heavy (non-hydrogen) atoms. The number of hydrogen-bond acceptors (Lipinski definition) is 9. The van der Waals surface area contributed by atoms with Crippen LogP contribution in [-0.4, -0.2) is 72.9 Å². The molecule has 1 saturated heterocycles. The highest BCUT2D eigenvalue weighted by Gasteiger charge is 2.35. The van der Waals surface area contributed by atoms with Crippen molar-refractivity contribution < 1.29 is 24.5 Å². The van der Waals surface area contributed by atoms with Crippen LogP contribution in [0.2, 0.25) is 0 Å². The van der Waals surface area contributed by atoms with E-state index >= 15 is 0 Å². The van der Waals surface area contributed by atoms with Gasteiger partial charge < -0.3 is 29.9 Å². The van der Waals surface area contributed by atoms with Crippen LogP contribution in [0.4, 0.5) is 5.95 Å². The number of fused-ring (bicyclic) bond motifs is 2. The summed E-state index contributed by atoms with van der Waals surface area (Å²) in [6.07, 6.45) is 5.51. The van der Waals surface area contributed by atoms with Crippen LogP contribution in [0.15, 0.2) is 42.6 Å². The second-order valence-electron chi connectivity index (χ2n) is 10.2. The molecule has 7 rings (SSSR count). The number of amides is 1. The van der Waals surface area contributed by atoms with E-state index in [1.165, 1.54) is 12.1 Å². The number of carbonyl (C=O) groups is 1. The molecule has 4 aromatic rings.